The second kappa shape index (κ2) is 5.63. The third kappa shape index (κ3) is 2.86. The normalized spacial score (nSPS) is 18.6. The Kier molecular flexibility index (Phi) is 4.16. The van der Waals surface area contributed by atoms with Crippen LogP contribution in [0.5, 0.6) is 0 Å². The molecule has 1 aromatic rings. The molecule has 0 radical (unpaired) electrons. The average Bonchev–Trinajstić information content (AvgIpc) is 2.36. The fraction of sp³-hybridized carbons (Fsp3) is 0.462. The molecular weight excluding hydrogens is 280 g/mol. The highest BCUT2D eigenvalue weighted by atomic mass is 79.9. The summed E-state index contributed by atoms with van der Waals surface area (Å²) in [4.78, 5) is 2.17. The molecular formula is C13H15BrN2O. The highest BCUT2D eigenvalue weighted by Gasteiger charge is 2.22. The Bertz CT molecular complexity index is 436. The van der Waals surface area contributed by atoms with Crippen LogP contribution in [0.1, 0.15) is 17.2 Å². The highest BCUT2D eigenvalue weighted by Crippen LogP contribution is 2.25. The molecule has 1 aliphatic heterocycles. The predicted molar refractivity (Wildman–Crippen MR) is 69.6 cm³/mol. The second-order valence-electron chi connectivity index (χ2n) is 4.19. The zero-order valence-electron chi connectivity index (χ0n) is 9.82. The topological polar surface area (TPSA) is 36.3 Å². The number of aryl methyl sites for hydroxylation is 1. The van der Waals surface area contributed by atoms with Crippen molar-refractivity contribution >= 4 is 15.9 Å². The molecule has 1 saturated heterocycles. The van der Waals surface area contributed by atoms with E-state index < -0.39 is 0 Å². The number of benzene rings is 1. The monoisotopic (exact) mass is 294 g/mol. The number of rotatable bonds is 2. The van der Waals surface area contributed by atoms with Gasteiger partial charge in [0.1, 0.15) is 6.04 Å². The average molecular weight is 295 g/mol. The SMILES string of the molecule is Cc1cc(C(C#N)N2CCOCC2)ccc1Br. The van der Waals surface area contributed by atoms with Crippen molar-refractivity contribution in [2.45, 2.75) is 13.0 Å². The molecule has 1 unspecified atom stereocenters. The molecule has 4 heteroatoms. The molecule has 3 nitrogen and oxygen atoms in total. The van der Waals surface area contributed by atoms with Gasteiger partial charge >= 0.3 is 0 Å². The number of ether oxygens (including phenoxy) is 1. The van der Waals surface area contributed by atoms with E-state index >= 15 is 0 Å². The molecule has 2 rings (SSSR count). The van der Waals surface area contributed by atoms with Crippen LogP contribution in [0.4, 0.5) is 0 Å². The van der Waals surface area contributed by atoms with Gasteiger partial charge in [-0.15, -0.1) is 0 Å². The van der Waals surface area contributed by atoms with E-state index in [0.717, 1.165) is 28.7 Å². The number of nitrogens with zero attached hydrogens (tertiary/aromatic N) is 2. The number of hydrogen-bond acceptors (Lipinski definition) is 3. The molecule has 1 heterocycles. The Labute approximate surface area is 110 Å². The lowest BCUT2D eigenvalue weighted by atomic mass is 10.0. The van der Waals surface area contributed by atoms with Crippen LogP contribution in [0.3, 0.4) is 0 Å². The fourth-order valence-electron chi connectivity index (χ4n) is 2.04. The van der Waals surface area contributed by atoms with Crippen molar-refractivity contribution in [2.24, 2.45) is 0 Å². The summed E-state index contributed by atoms with van der Waals surface area (Å²) in [5.74, 6) is 0. The molecule has 1 aromatic carbocycles. The number of nitriles is 1. The maximum absolute atomic E-state index is 9.35. The summed E-state index contributed by atoms with van der Waals surface area (Å²) in [6, 6.07) is 8.33. The summed E-state index contributed by atoms with van der Waals surface area (Å²) in [5, 5.41) is 9.35. The zero-order chi connectivity index (χ0) is 12.3. The minimum absolute atomic E-state index is 0.161. The van der Waals surface area contributed by atoms with E-state index in [4.69, 9.17) is 4.74 Å². The van der Waals surface area contributed by atoms with Crippen molar-refractivity contribution in [2.75, 3.05) is 26.3 Å². The first kappa shape index (κ1) is 12.6. The summed E-state index contributed by atoms with van der Waals surface area (Å²) in [7, 11) is 0. The van der Waals surface area contributed by atoms with Crippen LogP contribution in [0.25, 0.3) is 0 Å². The highest BCUT2D eigenvalue weighted by molar-refractivity contribution is 9.10. The maximum Gasteiger partial charge on any atom is 0.124 e. The lowest BCUT2D eigenvalue weighted by Crippen LogP contribution is -2.38. The summed E-state index contributed by atoms with van der Waals surface area (Å²) in [6.07, 6.45) is 0. The van der Waals surface area contributed by atoms with Crippen LogP contribution in [-0.2, 0) is 4.74 Å². The molecule has 0 aromatic heterocycles. The van der Waals surface area contributed by atoms with Gasteiger partial charge in [-0.1, -0.05) is 28.1 Å². The molecule has 0 aliphatic carbocycles. The Balaban J connectivity index is 2.22. The van der Waals surface area contributed by atoms with Gasteiger partial charge in [-0.2, -0.15) is 5.26 Å². The van der Waals surface area contributed by atoms with Crippen molar-refractivity contribution in [1.82, 2.24) is 4.90 Å². The maximum atomic E-state index is 9.35. The van der Waals surface area contributed by atoms with Gasteiger partial charge in [0.05, 0.1) is 19.3 Å². The van der Waals surface area contributed by atoms with Crippen molar-refractivity contribution < 1.29 is 4.74 Å². The lowest BCUT2D eigenvalue weighted by molar-refractivity contribution is 0.0266. The van der Waals surface area contributed by atoms with Gasteiger partial charge in [0.25, 0.3) is 0 Å². The van der Waals surface area contributed by atoms with Crippen LogP contribution in [0.15, 0.2) is 22.7 Å². The van der Waals surface area contributed by atoms with E-state index in [1.165, 1.54) is 0 Å². The van der Waals surface area contributed by atoms with Crippen LogP contribution in [0, 0.1) is 18.3 Å². The van der Waals surface area contributed by atoms with Gasteiger partial charge in [-0.3, -0.25) is 4.90 Å². The first-order valence-corrected chi connectivity index (χ1v) is 6.49. The van der Waals surface area contributed by atoms with Crippen molar-refractivity contribution in [1.29, 1.82) is 5.26 Å². The summed E-state index contributed by atoms with van der Waals surface area (Å²) < 4.78 is 6.40. The van der Waals surface area contributed by atoms with Crippen LogP contribution in [0.2, 0.25) is 0 Å². The largest absolute Gasteiger partial charge is 0.379 e. The molecule has 1 fully saturated rings. The summed E-state index contributed by atoms with van der Waals surface area (Å²) >= 11 is 3.48. The van der Waals surface area contributed by atoms with E-state index in [9.17, 15) is 5.26 Å². The first-order valence-electron chi connectivity index (χ1n) is 5.70. The third-order valence-electron chi connectivity index (χ3n) is 3.03. The molecule has 0 N–H and O–H groups in total. The van der Waals surface area contributed by atoms with Gasteiger partial charge in [0.15, 0.2) is 0 Å². The van der Waals surface area contributed by atoms with Gasteiger partial charge in [0.2, 0.25) is 0 Å². The molecule has 90 valence electrons. The van der Waals surface area contributed by atoms with Gasteiger partial charge in [-0.25, -0.2) is 0 Å². The number of halogens is 1. The van der Waals surface area contributed by atoms with E-state index in [0.29, 0.717) is 13.2 Å². The summed E-state index contributed by atoms with van der Waals surface area (Å²) in [5.41, 5.74) is 2.23. The van der Waals surface area contributed by atoms with Crippen molar-refractivity contribution in [3.8, 4) is 6.07 Å². The lowest BCUT2D eigenvalue weighted by Gasteiger charge is -2.30. The Hall–Kier alpha value is -0.890. The van der Waals surface area contributed by atoms with Gasteiger partial charge < -0.3 is 4.74 Å². The second-order valence-corrected chi connectivity index (χ2v) is 5.04. The number of hydrogen-bond donors (Lipinski definition) is 0. The van der Waals surface area contributed by atoms with Crippen LogP contribution >= 0.6 is 15.9 Å². The Morgan fingerprint density at radius 3 is 2.71 bits per heavy atom. The van der Waals surface area contributed by atoms with Crippen molar-refractivity contribution in [3.63, 3.8) is 0 Å². The van der Waals surface area contributed by atoms with E-state index in [-0.39, 0.29) is 6.04 Å². The first-order chi connectivity index (χ1) is 8.22. The fourth-order valence-corrected chi connectivity index (χ4v) is 2.29. The smallest absolute Gasteiger partial charge is 0.124 e. The standard InChI is InChI=1S/C13H15BrN2O/c1-10-8-11(2-3-12(10)14)13(9-15)16-4-6-17-7-5-16/h2-3,8,13H,4-7H2,1H3. The Morgan fingerprint density at radius 2 is 2.12 bits per heavy atom. The predicted octanol–water partition coefficient (Wildman–Crippen LogP) is 2.65. The van der Waals surface area contributed by atoms with E-state index in [1.807, 2.05) is 19.1 Å². The minimum Gasteiger partial charge on any atom is -0.379 e. The van der Waals surface area contributed by atoms with E-state index in [1.54, 1.807) is 0 Å². The van der Waals surface area contributed by atoms with Crippen LogP contribution in [-0.4, -0.2) is 31.2 Å². The molecule has 0 spiro atoms. The molecule has 1 aliphatic rings. The molecule has 17 heavy (non-hydrogen) atoms. The minimum atomic E-state index is -0.161. The third-order valence-corrected chi connectivity index (χ3v) is 3.92. The molecule has 0 bridgehead atoms. The molecule has 0 amide bonds. The Morgan fingerprint density at radius 1 is 1.41 bits per heavy atom. The van der Waals surface area contributed by atoms with Crippen LogP contribution < -0.4 is 0 Å². The van der Waals surface area contributed by atoms with Crippen molar-refractivity contribution in [3.05, 3.63) is 33.8 Å². The summed E-state index contributed by atoms with van der Waals surface area (Å²) in [6.45, 7) is 5.13. The molecule has 1 atom stereocenters. The van der Waals surface area contributed by atoms with E-state index in [2.05, 4.69) is 33.0 Å². The van der Waals surface area contributed by atoms with Gasteiger partial charge in [0, 0.05) is 17.6 Å². The number of morpholine rings is 1. The molecule has 0 saturated carbocycles. The van der Waals surface area contributed by atoms with Gasteiger partial charge in [-0.05, 0) is 24.1 Å². The zero-order valence-corrected chi connectivity index (χ0v) is 11.4. The quantitative estimate of drug-likeness (QED) is 0.841.